The van der Waals surface area contributed by atoms with Crippen molar-refractivity contribution in [1.29, 1.82) is 0 Å². The van der Waals surface area contributed by atoms with Gasteiger partial charge in [0, 0.05) is 22.9 Å². The van der Waals surface area contributed by atoms with Crippen molar-refractivity contribution in [2.75, 3.05) is 24.9 Å². The van der Waals surface area contributed by atoms with Crippen molar-refractivity contribution in [3.63, 3.8) is 0 Å². The summed E-state index contributed by atoms with van der Waals surface area (Å²) in [5, 5.41) is 7.28. The van der Waals surface area contributed by atoms with E-state index in [2.05, 4.69) is 10.6 Å². The van der Waals surface area contributed by atoms with E-state index in [4.69, 9.17) is 37.7 Å². The lowest BCUT2D eigenvalue weighted by Gasteiger charge is -2.31. The van der Waals surface area contributed by atoms with Gasteiger partial charge in [0.05, 0.1) is 47.6 Å². The zero-order valence-electron chi connectivity index (χ0n) is 19.2. The van der Waals surface area contributed by atoms with E-state index in [9.17, 15) is 4.79 Å². The highest BCUT2D eigenvalue weighted by Crippen LogP contribution is 2.41. The van der Waals surface area contributed by atoms with E-state index in [0.717, 1.165) is 16.6 Å². The van der Waals surface area contributed by atoms with Crippen molar-refractivity contribution in [2.24, 2.45) is 0 Å². The molecule has 0 saturated carbocycles. The highest BCUT2D eigenvalue weighted by molar-refractivity contribution is 6.32. The summed E-state index contributed by atoms with van der Waals surface area (Å²) in [7, 11) is 3.03. The molecule has 5 rings (SSSR count). The first kappa shape index (κ1) is 23.1. The quantitative estimate of drug-likeness (QED) is 0.331. The number of methoxy groups -OCH3 is 2. The van der Waals surface area contributed by atoms with Gasteiger partial charge in [-0.1, -0.05) is 47.5 Å². The van der Waals surface area contributed by atoms with Crippen LogP contribution in [0.4, 0.5) is 11.6 Å². The molecular weight excluding hydrogens is 487 g/mol. The summed E-state index contributed by atoms with van der Waals surface area (Å²) in [4.78, 5) is 18.6. The number of benzene rings is 3. The van der Waals surface area contributed by atoms with Crippen molar-refractivity contribution < 1.29 is 14.3 Å². The smallest absolute Gasteiger partial charge is 0.255 e. The molecule has 1 aliphatic heterocycles. The molecule has 0 fully saturated rings. The molecule has 0 saturated heterocycles. The Labute approximate surface area is 212 Å². The second kappa shape index (κ2) is 9.17. The molecule has 9 heteroatoms. The molecular formula is C26H22Cl2N4O3. The van der Waals surface area contributed by atoms with Gasteiger partial charge in [0.2, 0.25) is 5.95 Å². The summed E-state index contributed by atoms with van der Waals surface area (Å²) >= 11 is 12.4. The fourth-order valence-corrected chi connectivity index (χ4v) is 4.72. The molecule has 3 aromatic carbocycles. The first-order valence-electron chi connectivity index (χ1n) is 10.8. The zero-order chi connectivity index (χ0) is 24.7. The Bertz CT molecular complexity index is 1480. The van der Waals surface area contributed by atoms with Gasteiger partial charge in [0.25, 0.3) is 5.91 Å². The number of allylic oxidation sites excluding steroid dienone is 1. The summed E-state index contributed by atoms with van der Waals surface area (Å²) in [6.45, 7) is 1.86. The number of carbonyl (C=O) groups is 1. The molecule has 2 heterocycles. The number of amides is 1. The third-order valence-corrected chi connectivity index (χ3v) is 6.53. The average molecular weight is 509 g/mol. The van der Waals surface area contributed by atoms with Gasteiger partial charge < -0.3 is 20.1 Å². The van der Waals surface area contributed by atoms with Gasteiger partial charge in [0.15, 0.2) is 0 Å². The van der Waals surface area contributed by atoms with Crippen LogP contribution in [0.3, 0.4) is 0 Å². The van der Waals surface area contributed by atoms with Gasteiger partial charge in [-0.15, -0.1) is 0 Å². The first-order valence-corrected chi connectivity index (χ1v) is 11.6. The Morgan fingerprint density at radius 3 is 2.46 bits per heavy atom. The fraction of sp³-hybridized carbons (Fsp3) is 0.154. The number of ether oxygens (including phenoxy) is 2. The Morgan fingerprint density at radius 2 is 1.74 bits per heavy atom. The summed E-state index contributed by atoms with van der Waals surface area (Å²) in [5.74, 6) is 1.20. The van der Waals surface area contributed by atoms with Gasteiger partial charge in [-0.25, -0.2) is 4.98 Å². The number of aromatic nitrogens is 2. The van der Waals surface area contributed by atoms with E-state index in [0.29, 0.717) is 44.5 Å². The summed E-state index contributed by atoms with van der Waals surface area (Å²) in [6, 6.07) is 18.1. The molecule has 35 heavy (non-hydrogen) atoms. The molecule has 2 N–H and O–H groups in total. The zero-order valence-corrected chi connectivity index (χ0v) is 20.7. The summed E-state index contributed by atoms with van der Waals surface area (Å²) < 4.78 is 12.8. The molecule has 1 aromatic heterocycles. The standard InChI is InChI=1S/C26H22Cl2N4O3/c1-14-23(25(33)30-19-13-21(34-2)17(28)12-22(19)35-3)24(15-8-10-16(27)11-9-15)32-20-7-5-4-6-18(20)31-26(32)29-14/h4-13,24H,1-3H3,(H,29,31)(H,30,33)/t24-/m1/s1. The molecule has 0 bridgehead atoms. The minimum Gasteiger partial charge on any atom is -0.495 e. The minimum atomic E-state index is -0.448. The molecule has 1 amide bonds. The van der Waals surface area contributed by atoms with E-state index < -0.39 is 6.04 Å². The number of nitrogens with zero attached hydrogens (tertiary/aromatic N) is 2. The van der Waals surface area contributed by atoms with Gasteiger partial charge in [-0.2, -0.15) is 0 Å². The third kappa shape index (κ3) is 4.07. The van der Waals surface area contributed by atoms with Crippen molar-refractivity contribution in [3.8, 4) is 11.5 Å². The highest BCUT2D eigenvalue weighted by Gasteiger charge is 2.34. The van der Waals surface area contributed by atoms with Crippen LogP contribution in [-0.4, -0.2) is 29.7 Å². The van der Waals surface area contributed by atoms with E-state index in [1.807, 2.05) is 60.0 Å². The van der Waals surface area contributed by atoms with Crippen LogP contribution in [-0.2, 0) is 4.79 Å². The number of para-hydroxylation sites is 2. The van der Waals surface area contributed by atoms with Crippen LogP contribution in [0, 0.1) is 0 Å². The van der Waals surface area contributed by atoms with Crippen molar-refractivity contribution >= 4 is 51.8 Å². The second-order valence-electron chi connectivity index (χ2n) is 8.05. The molecule has 0 aliphatic carbocycles. The van der Waals surface area contributed by atoms with Gasteiger partial charge in [-0.3, -0.25) is 9.36 Å². The van der Waals surface area contributed by atoms with Crippen molar-refractivity contribution in [2.45, 2.75) is 13.0 Å². The van der Waals surface area contributed by atoms with Crippen LogP contribution >= 0.6 is 23.2 Å². The van der Waals surface area contributed by atoms with Crippen LogP contribution in [0.25, 0.3) is 11.0 Å². The third-order valence-electron chi connectivity index (χ3n) is 5.98. The fourth-order valence-electron chi connectivity index (χ4n) is 4.37. The number of halogens is 2. The maximum atomic E-state index is 13.9. The van der Waals surface area contributed by atoms with Crippen LogP contribution in [0.15, 0.2) is 71.9 Å². The van der Waals surface area contributed by atoms with E-state index in [-0.39, 0.29) is 5.91 Å². The molecule has 0 spiro atoms. The number of hydrogen-bond acceptors (Lipinski definition) is 5. The highest BCUT2D eigenvalue weighted by atomic mass is 35.5. The Balaban J connectivity index is 1.64. The maximum absolute atomic E-state index is 13.9. The lowest BCUT2D eigenvalue weighted by atomic mass is 9.94. The summed E-state index contributed by atoms with van der Waals surface area (Å²) in [6.07, 6.45) is 0. The topological polar surface area (TPSA) is 77.4 Å². The Morgan fingerprint density at radius 1 is 1.03 bits per heavy atom. The number of anilines is 2. The number of fused-ring (bicyclic) bond motifs is 3. The van der Waals surface area contributed by atoms with Gasteiger partial charge >= 0.3 is 0 Å². The number of carbonyl (C=O) groups excluding carboxylic acids is 1. The van der Waals surface area contributed by atoms with Crippen molar-refractivity contribution in [3.05, 3.63) is 87.5 Å². The Kier molecular flexibility index (Phi) is 6.05. The van der Waals surface area contributed by atoms with Gasteiger partial charge in [0.1, 0.15) is 11.5 Å². The lowest BCUT2D eigenvalue weighted by molar-refractivity contribution is -0.113. The lowest BCUT2D eigenvalue weighted by Crippen LogP contribution is -2.31. The molecule has 0 radical (unpaired) electrons. The number of hydrogen-bond donors (Lipinski definition) is 2. The Hall–Kier alpha value is -3.68. The van der Waals surface area contributed by atoms with Crippen LogP contribution in [0.2, 0.25) is 10.0 Å². The molecule has 1 atom stereocenters. The molecule has 4 aromatic rings. The second-order valence-corrected chi connectivity index (χ2v) is 8.90. The maximum Gasteiger partial charge on any atom is 0.255 e. The van der Waals surface area contributed by atoms with Crippen LogP contribution in [0.5, 0.6) is 11.5 Å². The predicted octanol–water partition coefficient (Wildman–Crippen LogP) is 6.29. The van der Waals surface area contributed by atoms with E-state index >= 15 is 0 Å². The van der Waals surface area contributed by atoms with Crippen LogP contribution < -0.4 is 20.1 Å². The number of imidazole rings is 1. The first-order chi connectivity index (χ1) is 16.9. The average Bonchev–Trinajstić information content (AvgIpc) is 3.22. The summed E-state index contributed by atoms with van der Waals surface area (Å²) in [5.41, 5.74) is 4.27. The van der Waals surface area contributed by atoms with Crippen molar-refractivity contribution in [1.82, 2.24) is 9.55 Å². The minimum absolute atomic E-state index is 0.305. The SMILES string of the molecule is COc1cc(NC(=O)C2=C(C)Nc3nc4ccccc4n3[C@@H]2c2ccc(Cl)cc2)c(OC)cc1Cl. The predicted molar refractivity (Wildman–Crippen MR) is 139 cm³/mol. The van der Waals surface area contributed by atoms with Crippen LogP contribution in [0.1, 0.15) is 18.5 Å². The van der Waals surface area contributed by atoms with E-state index in [1.54, 1.807) is 12.1 Å². The number of nitrogens with one attached hydrogen (secondary N) is 2. The molecule has 178 valence electrons. The normalized spacial score (nSPS) is 14.9. The number of rotatable bonds is 5. The molecule has 7 nitrogen and oxygen atoms in total. The monoisotopic (exact) mass is 508 g/mol. The van der Waals surface area contributed by atoms with Gasteiger partial charge in [-0.05, 0) is 36.8 Å². The largest absolute Gasteiger partial charge is 0.495 e. The molecule has 1 aliphatic rings. The molecule has 0 unspecified atom stereocenters. The van der Waals surface area contributed by atoms with E-state index in [1.165, 1.54) is 14.2 Å².